The third-order valence-electron chi connectivity index (χ3n) is 4.63. The van der Waals surface area contributed by atoms with Crippen LogP contribution in [0.25, 0.3) is 10.9 Å². The van der Waals surface area contributed by atoms with Crippen molar-refractivity contribution in [3.63, 3.8) is 0 Å². The molecule has 28 heavy (non-hydrogen) atoms. The molecule has 2 aromatic carbocycles. The number of benzene rings is 2. The second-order valence-electron chi connectivity index (χ2n) is 6.52. The van der Waals surface area contributed by atoms with Gasteiger partial charge >= 0.3 is 0 Å². The Morgan fingerprint density at radius 1 is 1.04 bits per heavy atom. The van der Waals surface area contributed by atoms with Crippen LogP contribution < -0.4 is 16.0 Å². The maximum absolute atomic E-state index is 12.4. The molecule has 1 aliphatic heterocycles. The van der Waals surface area contributed by atoms with Crippen LogP contribution in [0.5, 0.6) is 0 Å². The number of aromatic nitrogens is 1. The van der Waals surface area contributed by atoms with Crippen LogP contribution in [0.15, 0.2) is 60.8 Å². The molecule has 3 aromatic rings. The number of nitrogens with zero attached hydrogens (tertiary/aromatic N) is 1. The lowest BCUT2D eigenvalue weighted by atomic mass is 10.1. The Morgan fingerprint density at radius 3 is 2.79 bits per heavy atom. The van der Waals surface area contributed by atoms with Crippen LogP contribution in [-0.2, 0) is 9.59 Å². The van der Waals surface area contributed by atoms with Crippen LogP contribution in [0, 0.1) is 0 Å². The minimum Gasteiger partial charge on any atom is -0.340 e. The molecule has 3 amide bonds. The molecule has 1 atom stereocenters. The molecule has 7 nitrogen and oxygen atoms in total. The van der Waals surface area contributed by atoms with E-state index in [9.17, 15) is 14.4 Å². The fourth-order valence-corrected chi connectivity index (χ4v) is 3.22. The van der Waals surface area contributed by atoms with Crippen LogP contribution in [0.2, 0.25) is 0 Å². The lowest BCUT2D eigenvalue weighted by Gasteiger charge is -2.14. The summed E-state index contributed by atoms with van der Waals surface area (Å²) in [5.41, 5.74) is 2.33. The lowest BCUT2D eigenvalue weighted by molar-refractivity contribution is -0.118. The van der Waals surface area contributed by atoms with Gasteiger partial charge in [0.25, 0.3) is 5.91 Å². The van der Waals surface area contributed by atoms with Crippen LogP contribution in [0.4, 0.5) is 11.4 Å². The van der Waals surface area contributed by atoms with Gasteiger partial charge in [-0.1, -0.05) is 18.2 Å². The molecule has 0 bridgehead atoms. The molecule has 4 rings (SSSR count). The molecule has 0 spiro atoms. The molecule has 7 heteroatoms. The summed E-state index contributed by atoms with van der Waals surface area (Å²) in [6.45, 7) is 0. The van der Waals surface area contributed by atoms with Gasteiger partial charge in [-0.15, -0.1) is 0 Å². The Labute approximate surface area is 161 Å². The quantitative estimate of drug-likeness (QED) is 0.654. The van der Waals surface area contributed by atoms with Gasteiger partial charge in [-0.05, 0) is 42.8 Å². The average Bonchev–Trinajstić information content (AvgIpc) is 2.83. The summed E-state index contributed by atoms with van der Waals surface area (Å²) in [4.78, 5) is 41.4. The number of hydrogen-bond acceptors (Lipinski definition) is 4. The van der Waals surface area contributed by atoms with E-state index in [4.69, 9.17) is 0 Å². The Morgan fingerprint density at radius 2 is 1.89 bits per heavy atom. The number of amides is 3. The average molecular weight is 374 g/mol. The van der Waals surface area contributed by atoms with Crippen molar-refractivity contribution in [3.8, 4) is 0 Å². The Kier molecular flexibility index (Phi) is 4.72. The van der Waals surface area contributed by atoms with Gasteiger partial charge in [0.15, 0.2) is 0 Å². The standard InChI is InChI=1S/C21H18N4O3/c26-19(23-16-9-3-8-15-13(16)6-4-12-22-15)11-10-18-21(28)24-17-7-2-1-5-14(17)20(27)25-18/h1-9,12,18H,10-11H2,(H,23,26)(H,24,28)(H,25,27)/t18-/m0/s1. The number of nitrogens with one attached hydrogen (secondary N) is 3. The van der Waals surface area contributed by atoms with Crippen molar-refractivity contribution in [2.45, 2.75) is 18.9 Å². The minimum absolute atomic E-state index is 0.0887. The number of rotatable bonds is 4. The van der Waals surface area contributed by atoms with Crippen molar-refractivity contribution < 1.29 is 14.4 Å². The highest BCUT2D eigenvalue weighted by molar-refractivity contribution is 6.10. The van der Waals surface area contributed by atoms with Gasteiger partial charge < -0.3 is 16.0 Å². The number of carbonyl (C=O) groups excluding carboxylic acids is 3. The van der Waals surface area contributed by atoms with E-state index in [0.717, 1.165) is 10.9 Å². The first kappa shape index (κ1) is 17.7. The Hall–Kier alpha value is -3.74. The number of fused-ring (bicyclic) bond motifs is 2. The van der Waals surface area contributed by atoms with Crippen molar-refractivity contribution in [2.24, 2.45) is 0 Å². The number of hydrogen-bond donors (Lipinski definition) is 3. The van der Waals surface area contributed by atoms with E-state index in [1.54, 1.807) is 42.6 Å². The predicted octanol–water partition coefficient (Wildman–Crippen LogP) is 2.70. The van der Waals surface area contributed by atoms with Crippen molar-refractivity contribution >= 4 is 40.0 Å². The van der Waals surface area contributed by atoms with Crippen LogP contribution >= 0.6 is 0 Å². The second-order valence-corrected chi connectivity index (χ2v) is 6.52. The maximum atomic E-state index is 12.4. The fourth-order valence-electron chi connectivity index (χ4n) is 3.22. The molecule has 2 heterocycles. The Balaban J connectivity index is 1.42. The van der Waals surface area contributed by atoms with Gasteiger partial charge in [-0.25, -0.2) is 0 Å². The molecule has 0 fully saturated rings. The van der Waals surface area contributed by atoms with Gasteiger partial charge in [-0.2, -0.15) is 0 Å². The highest BCUT2D eigenvalue weighted by Crippen LogP contribution is 2.22. The first-order chi connectivity index (χ1) is 13.6. The van der Waals surface area contributed by atoms with E-state index in [0.29, 0.717) is 16.9 Å². The summed E-state index contributed by atoms with van der Waals surface area (Å²) >= 11 is 0. The first-order valence-electron chi connectivity index (χ1n) is 8.96. The van der Waals surface area contributed by atoms with E-state index in [1.165, 1.54) is 0 Å². The first-order valence-corrected chi connectivity index (χ1v) is 8.96. The van der Waals surface area contributed by atoms with Crippen LogP contribution in [-0.4, -0.2) is 28.7 Å². The molecule has 1 aliphatic rings. The fraction of sp³-hybridized carbons (Fsp3) is 0.143. The van der Waals surface area contributed by atoms with Crippen molar-refractivity contribution in [1.29, 1.82) is 0 Å². The lowest BCUT2D eigenvalue weighted by Crippen LogP contribution is -2.41. The zero-order valence-electron chi connectivity index (χ0n) is 14.9. The largest absolute Gasteiger partial charge is 0.340 e. The molecule has 0 saturated heterocycles. The predicted molar refractivity (Wildman–Crippen MR) is 106 cm³/mol. The molecule has 1 aromatic heterocycles. The summed E-state index contributed by atoms with van der Waals surface area (Å²) < 4.78 is 0. The van der Waals surface area contributed by atoms with Crippen molar-refractivity contribution in [1.82, 2.24) is 10.3 Å². The topological polar surface area (TPSA) is 100 Å². The second kappa shape index (κ2) is 7.48. The van der Waals surface area contributed by atoms with Gasteiger partial charge in [0.1, 0.15) is 6.04 Å². The molecule has 0 saturated carbocycles. The van der Waals surface area contributed by atoms with E-state index >= 15 is 0 Å². The normalized spacial score (nSPS) is 15.9. The molecule has 0 radical (unpaired) electrons. The van der Waals surface area contributed by atoms with Gasteiger partial charge in [-0.3, -0.25) is 19.4 Å². The van der Waals surface area contributed by atoms with Crippen LogP contribution in [0.3, 0.4) is 0 Å². The molecule has 140 valence electrons. The Bertz CT molecular complexity index is 1070. The van der Waals surface area contributed by atoms with E-state index in [1.807, 2.05) is 18.2 Å². The number of para-hydroxylation sites is 1. The smallest absolute Gasteiger partial charge is 0.254 e. The third-order valence-corrected chi connectivity index (χ3v) is 4.63. The van der Waals surface area contributed by atoms with Crippen LogP contribution in [0.1, 0.15) is 23.2 Å². The molecular weight excluding hydrogens is 356 g/mol. The van der Waals surface area contributed by atoms with E-state index < -0.39 is 6.04 Å². The van der Waals surface area contributed by atoms with E-state index in [2.05, 4.69) is 20.9 Å². The molecule has 0 unspecified atom stereocenters. The summed E-state index contributed by atoms with van der Waals surface area (Å²) in [5, 5.41) is 9.13. The highest BCUT2D eigenvalue weighted by Gasteiger charge is 2.27. The highest BCUT2D eigenvalue weighted by atomic mass is 16.2. The minimum atomic E-state index is -0.778. The third kappa shape index (κ3) is 3.55. The summed E-state index contributed by atoms with van der Waals surface area (Å²) in [5.74, 6) is -0.903. The summed E-state index contributed by atoms with van der Waals surface area (Å²) in [7, 11) is 0. The monoisotopic (exact) mass is 374 g/mol. The number of pyridine rings is 1. The zero-order valence-corrected chi connectivity index (χ0v) is 14.9. The van der Waals surface area contributed by atoms with E-state index in [-0.39, 0.29) is 30.6 Å². The zero-order chi connectivity index (χ0) is 19.5. The number of anilines is 2. The summed E-state index contributed by atoms with van der Waals surface area (Å²) in [6, 6.07) is 15.2. The maximum Gasteiger partial charge on any atom is 0.254 e. The molecular formula is C21H18N4O3. The van der Waals surface area contributed by atoms with Crippen molar-refractivity contribution in [2.75, 3.05) is 10.6 Å². The SMILES string of the molecule is O=C(CC[C@@H]1NC(=O)c2ccccc2NC1=O)Nc1cccc2ncccc12. The van der Waals surface area contributed by atoms with Gasteiger partial charge in [0.2, 0.25) is 11.8 Å². The summed E-state index contributed by atoms with van der Waals surface area (Å²) in [6.07, 6.45) is 1.98. The molecule has 0 aliphatic carbocycles. The van der Waals surface area contributed by atoms with Crippen molar-refractivity contribution in [3.05, 3.63) is 66.4 Å². The van der Waals surface area contributed by atoms with Gasteiger partial charge in [0.05, 0.1) is 22.5 Å². The molecule has 3 N–H and O–H groups in total. The van der Waals surface area contributed by atoms with Gasteiger partial charge in [0, 0.05) is 18.0 Å². The number of carbonyl (C=O) groups is 3.